The lowest BCUT2D eigenvalue weighted by Crippen LogP contribution is -2.47. The largest absolute Gasteiger partial charge is 0.397 e. The summed E-state index contributed by atoms with van der Waals surface area (Å²) in [5.41, 5.74) is 6.37. The zero-order chi connectivity index (χ0) is 14.5. The number of rotatable bonds is 4. The normalized spacial score (nSPS) is 19.8. The van der Waals surface area contributed by atoms with E-state index in [-0.39, 0.29) is 17.2 Å². The number of hydrogen-bond donors (Lipinski definition) is 2. The number of halogens is 1. The molecule has 1 aromatic heterocycles. The SMILES string of the molecule is CCN1CCOC(CNC(=O)c2cc(Cl)ncc2N)C1. The van der Waals surface area contributed by atoms with E-state index in [9.17, 15) is 4.79 Å². The number of nitrogens with two attached hydrogens (primary N) is 1. The molecular weight excluding hydrogens is 280 g/mol. The third kappa shape index (κ3) is 3.82. The molecular formula is C13H19ClN4O2. The molecule has 6 nitrogen and oxygen atoms in total. The number of pyridine rings is 1. The Kier molecular flexibility index (Phi) is 5.17. The highest BCUT2D eigenvalue weighted by Gasteiger charge is 2.20. The van der Waals surface area contributed by atoms with E-state index in [1.807, 2.05) is 0 Å². The molecule has 2 rings (SSSR count). The number of morpholine rings is 1. The Morgan fingerprint density at radius 3 is 3.25 bits per heavy atom. The van der Waals surface area contributed by atoms with Crippen LogP contribution in [0, 0.1) is 0 Å². The molecule has 1 atom stereocenters. The van der Waals surface area contributed by atoms with Crippen molar-refractivity contribution in [3.8, 4) is 0 Å². The molecule has 1 amide bonds. The van der Waals surface area contributed by atoms with E-state index in [0.717, 1.165) is 19.6 Å². The molecule has 0 bridgehead atoms. The highest BCUT2D eigenvalue weighted by atomic mass is 35.5. The third-order valence-electron chi connectivity index (χ3n) is 3.31. The van der Waals surface area contributed by atoms with Gasteiger partial charge in [0, 0.05) is 19.6 Å². The Balaban J connectivity index is 1.90. The molecule has 1 aliphatic rings. The van der Waals surface area contributed by atoms with Gasteiger partial charge >= 0.3 is 0 Å². The van der Waals surface area contributed by atoms with E-state index in [1.54, 1.807) is 0 Å². The second-order valence-electron chi connectivity index (χ2n) is 4.69. The van der Waals surface area contributed by atoms with Gasteiger partial charge in [-0.05, 0) is 12.6 Å². The van der Waals surface area contributed by atoms with E-state index in [2.05, 4.69) is 22.1 Å². The number of nitrogens with one attached hydrogen (secondary N) is 1. The lowest BCUT2D eigenvalue weighted by Gasteiger charge is -2.32. The first-order chi connectivity index (χ1) is 9.60. The average Bonchev–Trinajstić information content (AvgIpc) is 2.47. The van der Waals surface area contributed by atoms with Crippen molar-refractivity contribution in [1.82, 2.24) is 15.2 Å². The molecule has 0 aliphatic carbocycles. The maximum absolute atomic E-state index is 12.1. The van der Waals surface area contributed by atoms with Crippen LogP contribution in [0.1, 0.15) is 17.3 Å². The van der Waals surface area contributed by atoms with Gasteiger partial charge in [0.15, 0.2) is 0 Å². The molecule has 1 aliphatic heterocycles. The summed E-state index contributed by atoms with van der Waals surface area (Å²) in [6.07, 6.45) is 1.39. The molecule has 7 heteroatoms. The van der Waals surface area contributed by atoms with Crippen molar-refractivity contribution in [3.63, 3.8) is 0 Å². The maximum atomic E-state index is 12.1. The van der Waals surface area contributed by atoms with Crippen molar-refractivity contribution < 1.29 is 9.53 Å². The summed E-state index contributed by atoms with van der Waals surface area (Å²) in [7, 11) is 0. The van der Waals surface area contributed by atoms with Gasteiger partial charge in [-0.2, -0.15) is 0 Å². The minimum atomic E-state index is -0.260. The Labute approximate surface area is 123 Å². The number of carbonyl (C=O) groups excluding carboxylic acids is 1. The Morgan fingerprint density at radius 1 is 1.70 bits per heavy atom. The predicted molar refractivity (Wildman–Crippen MR) is 77.8 cm³/mol. The van der Waals surface area contributed by atoms with Crippen molar-refractivity contribution in [3.05, 3.63) is 23.0 Å². The predicted octanol–water partition coefficient (Wildman–Crippen LogP) is 0.768. The molecule has 0 saturated carbocycles. The van der Waals surface area contributed by atoms with Crippen LogP contribution >= 0.6 is 11.6 Å². The second-order valence-corrected chi connectivity index (χ2v) is 5.08. The third-order valence-corrected chi connectivity index (χ3v) is 3.51. The van der Waals surface area contributed by atoms with Crippen LogP contribution in [-0.2, 0) is 4.74 Å². The highest BCUT2D eigenvalue weighted by molar-refractivity contribution is 6.29. The maximum Gasteiger partial charge on any atom is 0.253 e. The summed E-state index contributed by atoms with van der Waals surface area (Å²) < 4.78 is 5.62. The number of nitrogens with zero attached hydrogens (tertiary/aromatic N) is 2. The molecule has 0 radical (unpaired) electrons. The smallest absolute Gasteiger partial charge is 0.253 e. The van der Waals surface area contributed by atoms with E-state index < -0.39 is 0 Å². The summed E-state index contributed by atoms with van der Waals surface area (Å²) in [5, 5.41) is 3.07. The Morgan fingerprint density at radius 2 is 2.50 bits per heavy atom. The lowest BCUT2D eigenvalue weighted by atomic mass is 10.2. The van der Waals surface area contributed by atoms with Gasteiger partial charge in [-0.3, -0.25) is 9.69 Å². The van der Waals surface area contributed by atoms with Crippen LogP contribution < -0.4 is 11.1 Å². The molecule has 1 fully saturated rings. The van der Waals surface area contributed by atoms with Gasteiger partial charge in [-0.1, -0.05) is 18.5 Å². The van der Waals surface area contributed by atoms with Gasteiger partial charge in [-0.15, -0.1) is 0 Å². The molecule has 110 valence electrons. The topological polar surface area (TPSA) is 80.5 Å². The van der Waals surface area contributed by atoms with E-state index in [0.29, 0.717) is 24.4 Å². The number of ether oxygens (including phenoxy) is 1. The number of hydrogen-bond acceptors (Lipinski definition) is 5. The van der Waals surface area contributed by atoms with Gasteiger partial charge in [0.1, 0.15) is 5.15 Å². The van der Waals surface area contributed by atoms with Crippen LogP contribution in [0.2, 0.25) is 5.15 Å². The molecule has 1 saturated heterocycles. The van der Waals surface area contributed by atoms with Gasteiger partial charge in [-0.25, -0.2) is 4.98 Å². The lowest BCUT2D eigenvalue weighted by molar-refractivity contribution is -0.0246. The fraction of sp³-hybridized carbons (Fsp3) is 0.538. The molecule has 1 unspecified atom stereocenters. The summed E-state index contributed by atoms with van der Waals surface area (Å²) in [6.45, 7) is 6.00. The van der Waals surface area contributed by atoms with Crippen LogP contribution in [-0.4, -0.2) is 54.7 Å². The number of amides is 1. The minimum Gasteiger partial charge on any atom is -0.397 e. The van der Waals surface area contributed by atoms with E-state index >= 15 is 0 Å². The zero-order valence-corrected chi connectivity index (χ0v) is 12.2. The first kappa shape index (κ1) is 15.0. The number of carbonyl (C=O) groups is 1. The zero-order valence-electron chi connectivity index (χ0n) is 11.4. The summed E-state index contributed by atoms with van der Waals surface area (Å²) in [4.78, 5) is 18.2. The Hall–Kier alpha value is -1.37. The first-order valence-corrected chi connectivity index (χ1v) is 7.01. The van der Waals surface area contributed by atoms with Crippen molar-refractivity contribution in [2.75, 3.05) is 38.5 Å². The number of anilines is 1. The Bertz CT molecular complexity index is 483. The van der Waals surface area contributed by atoms with Crippen molar-refractivity contribution in [2.45, 2.75) is 13.0 Å². The average molecular weight is 299 g/mol. The second kappa shape index (κ2) is 6.88. The molecule has 20 heavy (non-hydrogen) atoms. The summed E-state index contributed by atoms with van der Waals surface area (Å²) >= 11 is 5.77. The molecule has 2 heterocycles. The fourth-order valence-corrected chi connectivity index (χ4v) is 2.29. The van der Waals surface area contributed by atoms with Crippen LogP contribution in [0.5, 0.6) is 0 Å². The van der Waals surface area contributed by atoms with E-state index in [1.165, 1.54) is 12.3 Å². The number of likely N-dealkylation sites (N-methyl/N-ethyl adjacent to an activating group) is 1. The molecule has 0 aromatic carbocycles. The van der Waals surface area contributed by atoms with Crippen LogP contribution in [0.4, 0.5) is 5.69 Å². The van der Waals surface area contributed by atoms with Gasteiger partial charge < -0.3 is 15.8 Å². The van der Waals surface area contributed by atoms with Crippen molar-refractivity contribution >= 4 is 23.2 Å². The van der Waals surface area contributed by atoms with Gasteiger partial charge in [0.25, 0.3) is 5.91 Å². The monoisotopic (exact) mass is 298 g/mol. The van der Waals surface area contributed by atoms with Gasteiger partial charge in [0.05, 0.1) is 30.2 Å². The molecule has 0 spiro atoms. The highest BCUT2D eigenvalue weighted by Crippen LogP contribution is 2.14. The summed E-state index contributed by atoms with van der Waals surface area (Å²) in [6, 6.07) is 1.46. The van der Waals surface area contributed by atoms with Crippen molar-refractivity contribution in [1.29, 1.82) is 0 Å². The standard InChI is InChI=1S/C13H19ClN4O2/c1-2-18-3-4-20-9(8-18)6-17-13(19)10-5-12(14)16-7-11(10)15/h5,7,9H,2-4,6,8,15H2,1H3,(H,17,19). The van der Waals surface area contributed by atoms with Crippen LogP contribution in [0.3, 0.4) is 0 Å². The first-order valence-electron chi connectivity index (χ1n) is 6.63. The molecule has 1 aromatic rings. The summed E-state index contributed by atoms with van der Waals surface area (Å²) in [5.74, 6) is -0.260. The van der Waals surface area contributed by atoms with Gasteiger partial charge in [0.2, 0.25) is 0 Å². The minimum absolute atomic E-state index is 0.00573. The molecule has 3 N–H and O–H groups in total. The van der Waals surface area contributed by atoms with E-state index in [4.69, 9.17) is 22.1 Å². The van der Waals surface area contributed by atoms with Crippen LogP contribution in [0.15, 0.2) is 12.3 Å². The van der Waals surface area contributed by atoms with Crippen molar-refractivity contribution in [2.24, 2.45) is 0 Å². The van der Waals surface area contributed by atoms with Crippen LogP contribution in [0.25, 0.3) is 0 Å². The quantitative estimate of drug-likeness (QED) is 0.803. The fourth-order valence-electron chi connectivity index (χ4n) is 2.13. The number of nitrogen functional groups attached to an aromatic ring is 1. The number of aromatic nitrogens is 1.